The van der Waals surface area contributed by atoms with Crippen LogP contribution in [0.3, 0.4) is 0 Å². The molecule has 0 saturated carbocycles. The smallest absolute Gasteiger partial charge is 0.200 e. The van der Waals surface area contributed by atoms with E-state index >= 15 is 0 Å². The Labute approximate surface area is 104 Å². The SMILES string of the molecule is CCC(Nc1c(F)c(F)c(F)c(F)c1F)C(N)=NO. The number of nitrogens with two attached hydrogens (primary N) is 1. The van der Waals surface area contributed by atoms with E-state index in [2.05, 4.69) is 5.16 Å². The molecule has 0 aromatic heterocycles. The van der Waals surface area contributed by atoms with Gasteiger partial charge in [-0.2, -0.15) is 0 Å². The molecule has 9 heteroatoms. The van der Waals surface area contributed by atoms with Crippen LogP contribution in [-0.4, -0.2) is 17.1 Å². The molecule has 0 amide bonds. The lowest BCUT2D eigenvalue weighted by atomic mass is 10.1. The summed E-state index contributed by atoms with van der Waals surface area (Å²) in [5.41, 5.74) is 3.99. The van der Waals surface area contributed by atoms with Crippen molar-refractivity contribution in [1.29, 1.82) is 0 Å². The summed E-state index contributed by atoms with van der Waals surface area (Å²) in [6.07, 6.45) is 0.0926. The van der Waals surface area contributed by atoms with Crippen molar-refractivity contribution in [3.63, 3.8) is 0 Å². The normalized spacial score (nSPS) is 13.5. The van der Waals surface area contributed by atoms with Crippen LogP contribution >= 0.6 is 0 Å². The van der Waals surface area contributed by atoms with E-state index in [1.807, 2.05) is 5.32 Å². The van der Waals surface area contributed by atoms with Crippen molar-refractivity contribution in [2.75, 3.05) is 5.32 Å². The highest BCUT2D eigenvalue weighted by molar-refractivity contribution is 5.87. The zero-order chi connectivity index (χ0) is 14.7. The molecule has 1 aromatic carbocycles. The molecule has 1 atom stereocenters. The van der Waals surface area contributed by atoms with Gasteiger partial charge in [0.2, 0.25) is 5.82 Å². The molecule has 0 aliphatic heterocycles. The Morgan fingerprint density at radius 3 is 1.89 bits per heavy atom. The second-order valence-corrected chi connectivity index (χ2v) is 3.57. The van der Waals surface area contributed by atoms with Gasteiger partial charge in [0.25, 0.3) is 0 Å². The highest BCUT2D eigenvalue weighted by Crippen LogP contribution is 2.27. The van der Waals surface area contributed by atoms with Crippen molar-refractivity contribution < 1.29 is 27.2 Å². The van der Waals surface area contributed by atoms with E-state index in [0.29, 0.717) is 0 Å². The molecular weight excluding hydrogens is 273 g/mol. The quantitative estimate of drug-likeness (QED) is 0.151. The summed E-state index contributed by atoms with van der Waals surface area (Å²) in [6, 6.07) is -1.08. The highest BCUT2D eigenvalue weighted by Gasteiger charge is 2.27. The van der Waals surface area contributed by atoms with E-state index in [1.165, 1.54) is 6.92 Å². The third-order valence-electron chi connectivity index (χ3n) is 2.41. The molecule has 0 saturated heterocycles. The van der Waals surface area contributed by atoms with Crippen molar-refractivity contribution in [3.05, 3.63) is 29.1 Å². The van der Waals surface area contributed by atoms with E-state index in [9.17, 15) is 22.0 Å². The number of oxime groups is 1. The van der Waals surface area contributed by atoms with Gasteiger partial charge in [-0.15, -0.1) is 0 Å². The van der Waals surface area contributed by atoms with Crippen LogP contribution in [0.15, 0.2) is 5.16 Å². The van der Waals surface area contributed by atoms with Crippen LogP contribution in [0.4, 0.5) is 27.6 Å². The molecule has 0 aliphatic rings. The Balaban J connectivity index is 3.29. The zero-order valence-electron chi connectivity index (χ0n) is 9.65. The summed E-state index contributed by atoms with van der Waals surface area (Å²) in [5.74, 6) is -10.9. The number of amidine groups is 1. The Bertz CT molecular complexity index is 491. The average Bonchev–Trinajstić information content (AvgIpc) is 2.42. The second kappa shape index (κ2) is 5.72. The molecule has 0 heterocycles. The predicted octanol–water partition coefficient (Wildman–Crippen LogP) is 2.32. The molecule has 1 aromatic rings. The monoisotopic (exact) mass is 283 g/mol. The van der Waals surface area contributed by atoms with Crippen LogP contribution in [0.25, 0.3) is 0 Å². The molecule has 0 spiro atoms. The number of halogens is 5. The van der Waals surface area contributed by atoms with Crippen molar-refractivity contribution in [1.82, 2.24) is 0 Å². The van der Waals surface area contributed by atoms with Crippen LogP contribution < -0.4 is 11.1 Å². The molecule has 0 radical (unpaired) electrons. The molecule has 106 valence electrons. The van der Waals surface area contributed by atoms with Crippen LogP contribution in [-0.2, 0) is 0 Å². The Morgan fingerprint density at radius 1 is 1.11 bits per heavy atom. The summed E-state index contributed by atoms with van der Waals surface area (Å²) in [6.45, 7) is 1.50. The maximum atomic E-state index is 13.3. The number of nitrogens with one attached hydrogen (secondary N) is 1. The molecule has 4 N–H and O–H groups in total. The van der Waals surface area contributed by atoms with Gasteiger partial charge in [-0.3, -0.25) is 0 Å². The summed E-state index contributed by atoms with van der Waals surface area (Å²) in [5, 5.41) is 13.0. The molecule has 0 bridgehead atoms. The summed E-state index contributed by atoms with van der Waals surface area (Å²) in [4.78, 5) is 0. The molecule has 0 fully saturated rings. The highest BCUT2D eigenvalue weighted by atomic mass is 19.2. The van der Waals surface area contributed by atoms with Gasteiger partial charge in [-0.1, -0.05) is 12.1 Å². The van der Waals surface area contributed by atoms with E-state index in [0.717, 1.165) is 0 Å². The lowest BCUT2D eigenvalue weighted by Crippen LogP contribution is -2.36. The molecule has 4 nitrogen and oxygen atoms in total. The lowest BCUT2D eigenvalue weighted by Gasteiger charge is -2.18. The van der Waals surface area contributed by atoms with Gasteiger partial charge in [0.05, 0.1) is 6.04 Å². The van der Waals surface area contributed by atoms with Gasteiger partial charge in [0, 0.05) is 0 Å². The summed E-state index contributed by atoms with van der Waals surface area (Å²) < 4.78 is 65.3. The first-order valence-corrected chi connectivity index (χ1v) is 5.10. The fourth-order valence-corrected chi connectivity index (χ4v) is 1.36. The van der Waals surface area contributed by atoms with Gasteiger partial charge in [0.1, 0.15) is 5.69 Å². The van der Waals surface area contributed by atoms with Crippen molar-refractivity contribution in [2.24, 2.45) is 10.9 Å². The fourth-order valence-electron chi connectivity index (χ4n) is 1.36. The molecule has 0 aliphatic carbocycles. The molecule has 1 rings (SSSR count). The number of hydrogen-bond donors (Lipinski definition) is 3. The molecule has 19 heavy (non-hydrogen) atoms. The number of nitrogens with zero attached hydrogens (tertiary/aromatic N) is 1. The molecular formula is C10H10F5N3O. The van der Waals surface area contributed by atoms with Gasteiger partial charge in [0.15, 0.2) is 29.1 Å². The van der Waals surface area contributed by atoms with E-state index in [4.69, 9.17) is 10.9 Å². The van der Waals surface area contributed by atoms with Gasteiger partial charge in [-0.25, -0.2) is 22.0 Å². The number of benzene rings is 1. The van der Waals surface area contributed by atoms with Gasteiger partial charge in [-0.05, 0) is 6.42 Å². The minimum atomic E-state index is -2.25. The lowest BCUT2D eigenvalue weighted by molar-refractivity contribution is 0.316. The maximum Gasteiger partial charge on any atom is 0.200 e. The average molecular weight is 283 g/mol. The van der Waals surface area contributed by atoms with E-state index < -0.39 is 46.7 Å². The maximum absolute atomic E-state index is 13.3. The minimum absolute atomic E-state index is 0.0926. The first-order valence-electron chi connectivity index (χ1n) is 5.10. The fraction of sp³-hybridized carbons (Fsp3) is 0.300. The van der Waals surface area contributed by atoms with Crippen LogP contribution in [0, 0.1) is 29.1 Å². The van der Waals surface area contributed by atoms with Gasteiger partial charge < -0.3 is 16.3 Å². The Hall–Kier alpha value is -2.06. The van der Waals surface area contributed by atoms with E-state index in [-0.39, 0.29) is 6.42 Å². The predicted molar refractivity (Wildman–Crippen MR) is 57.3 cm³/mol. The summed E-state index contributed by atoms with van der Waals surface area (Å²) in [7, 11) is 0. The van der Waals surface area contributed by atoms with Crippen LogP contribution in [0.1, 0.15) is 13.3 Å². The van der Waals surface area contributed by atoms with Gasteiger partial charge >= 0.3 is 0 Å². The van der Waals surface area contributed by atoms with E-state index in [1.54, 1.807) is 0 Å². The van der Waals surface area contributed by atoms with Crippen molar-refractivity contribution in [2.45, 2.75) is 19.4 Å². The Morgan fingerprint density at radius 2 is 1.53 bits per heavy atom. The third kappa shape index (κ3) is 2.69. The van der Waals surface area contributed by atoms with Crippen LogP contribution in [0.2, 0.25) is 0 Å². The topological polar surface area (TPSA) is 70.6 Å². The zero-order valence-corrected chi connectivity index (χ0v) is 9.65. The first-order chi connectivity index (χ1) is 8.84. The number of rotatable bonds is 4. The number of anilines is 1. The minimum Gasteiger partial charge on any atom is -0.409 e. The second-order valence-electron chi connectivity index (χ2n) is 3.57. The Kier molecular flexibility index (Phi) is 4.52. The van der Waals surface area contributed by atoms with Crippen molar-refractivity contribution in [3.8, 4) is 0 Å². The largest absolute Gasteiger partial charge is 0.409 e. The van der Waals surface area contributed by atoms with Crippen LogP contribution in [0.5, 0.6) is 0 Å². The first kappa shape index (κ1) is 15.0. The number of hydrogen-bond acceptors (Lipinski definition) is 3. The third-order valence-corrected chi connectivity index (χ3v) is 2.41. The summed E-state index contributed by atoms with van der Waals surface area (Å²) >= 11 is 0. The standard InChI is InChI=1S/C10H10F5N3O/c1-2-3(10(16)18-19)17-9-7(14)5(12)4(11)6(13)8(9)15/h3,17,19H,2H2,1H3,(H2,16,18). The molecule has 1 unspecified atom stereocenters. The van der Waals surface area contributed by atoms with Crippen molar-refractivity contribution >= 4 is 11.5 Å².